The fraction of sp³-hybridized carbons (Fsp3) is 0.387. The number of benzene rings is 3. The van der Waals surface area contributed by atoms with E-state index in [4.69, 9.17) is 19.3 Å². The number of rotatable bonds is 11. The van der Waals surface area contributed by atoms with Gasteiger partial charge in [0.25, 0.3) is 0 Å². The maximum absolute atomic E-state index is 11.5. The van der Waals surface area contributed by atoms with E-state index < -0.39 is 15.8 Å². The monoisotopic (exact) mass is 565 g/mol. The molecule has 5 rings (SSSR count). The molecule has 0 saturated carbocycles. The molecule has 0 spiro atoms. The number of nitrogens with one attached hydrogen (secondary N) is 1. The fourth-order valence-corrected chi connectivity index (χ4v) is 6.37. The predicted octanol–water partition coefficient (Wildman–Crippen LogP) is 4.96. The summed E-state index contributed by atoms with van der Waals surface area (Å²) in [6.45, 7) is 6.07. The predicted molar refractivity (Wildman–Crippen MR) is 153 cm³/mol. The number of ether oxygens (including phenoxy) is 3. The van der Waals surface area contributed by atoms with Crippen LogP contribution in [0.4, 0.5) is 0 Å². The molecule has 2 heterocycles. The van der Waals surface area contributed by atoms with Crippen molar-refractivity contribution in [3.63, 3.8) is 0 Å². The molecule has 8 nitrogen and oxygen atoms in total. The molecule has 0 fully saturated rings. The van der Waals surface area contributed by atoms with Crippen molar-refractivity contribution in [1.82, 2.24) is 5.32 Å². The third-order valence-corrected chi connectivity index (χ3v) is 8.56. The summed E-state index contributed by atoms with van der Waals surface area (Å²) >= 11 is 0. The average molecular weight is 566 g/mol. The van der Waals surface area contributed by atoms with Crippen molar-refractivity contribution in [2.75, 3.05) is 31.8 Å². The number of sulfone groups is 1. The number of aliphatic carboxylic acids is 1. The van der Waals surface area contributed by atoms with Gasteiger partial charge in [-0.25, -0.2) is 8.42 Å². The average Bonchev–Trinajstić information content (AvgIpc) is 3.48. The van der Waals surface area contributed by atoms with Gasteiger partial charge in [-0.1, -0.05) is 24.3 Å². The largest absolute Gasteiger partial charge is 0.492 e. The first kappa shape index (κ1) is 28.0. The Hall–Kier alpha value is -3.56. The van der Waals surface area contributed by atoms with Gasteiger partial charge in [-0.05, 0) is 72.8 Å². The Bertz CT molecular complexity index is 1530. The molecular weight excluding hydrogens is 530 g/mol. The van der Waals surface area contributed by atoms with E-state index in [1.165, 1.54) is 6.26 Å². The zero-order valence-electron chi connectivity index (χ0n) is 23.0. The second-order valence-corrected chi connectivity index (χ2v) is 13.0. The summed E-state index contributed by atoms with van der Waals surface area (Å²) in [5, 5.41) is 12.6. The lowest BCUT2D eigenvalue weighted by atomic mass is 9.89. The molecule has 2 aliphatic heterocycles. The van der Waals surface area contributed by atoms with Crippen molar-refractivity contribution in [2.24, 2.45) is 0 Å². The van der Waals surface area contributed by atoms with E-state index in [9.17, 15) is 13.2 Å². The van der Waals surface area contributed by atoms with Crippen molar-refractivity contribution < 1.29 is 32.5 Å². The Morgan fingerprint density at radius 1 is 1.07 bits per heavy atom. The lowest BCUT2D eigenvalue weighted by Gasteiger charge is -2.18. The van der Waals surface area contributed by atoms with Crippen molar-refractivity contribution in [2.45, 2.75) is 45.3 Å². The lowest BCUT2D eigenvalue weighted by Crippen LogP contribution is -2.25. The Balaban J connectivity index is 1.30. The minimum Gasteiger partial charge on any atom is -0.492 e. The van der Waals surface area contributed by atoms with Crippen LogP contribution in [0.3, 0.4) is 0 Å². The number of carbonyl (C=O) groups is 1. The first-order valence-electron chi connectivity index (χ1n) is 13.5. The van der Waals surface area contributed by atoms with Crippen molar-refractivity contribution >= 4 is 15.8 Å². The highest BCUT2D eigenvalue weighted by Crippen LogP contribution is 2.42. The summed E-state index contributed by atoms with van der Waals surface area (Å²) in [5.74, 6) is 1.43. The van der Waals surface area contributed by atoms with Gasteiger partial charge in [0.15, 0.2) is 0 Å². The van der Waals surface area contributed by atoms with Crippen molar-refractivity contribution in [3.05, 3.63) is 76.3 Å². The van der Waals surface area contributed by atoms with Crippen molar-refractivity contribution in [3.8, 4) is 28.4 Å². The smallest absolute Gasteiger partial charge is 0.304 e. The van der Waals surface area contributed by atoms with Gasteiger partial charge < -0.3 is 24.6 Å². The summed E-state index contributed by atoms with van der Waals surface area (Å²) < 4.78 is 40.7. The molecule has 0 bridgehead atoms. The van der Waals surface area contributed by atoms with Crippen LogP contribution >= 0.6 is 0 Å². The lowest BCUT2D eigenvalue weighted by molar-refractivity contribution is -0.137. The molecule has 3 aromatic rings. The van der Waals surface area contributed by atoms with Crippen molar-refractivity contribution in [1.29, 1.82) is 0 Å². The topological polar surface area (TPSA) is 111 Å². The van der Waals surface area contributed by atoms with Crippen LogP contribution in [-0.4, -0.2) is 51.3 Å². The first-order chi connectivity index (χ1) is 19.1. The summed E-state index contributed by atoms with van der Waals surface area (Å²) in [6, 6.07) is 16.0. The number of fused-ring (bicyclic) bond motifs is 2. The Morgan fingerprint density at radius 3 is 2.65 bits per heavy atom. The molecule has 9 heteroatoms. The minimum atomic E-state index is -2.98. The Labute approximate surface area is 235 Å². The van der Waals surface area contributed by atoms with Crippen LogP contribution in [0.2, 0.25) is 0 Å². The quantitative estimate of drug-likeness (QED) is 0.314. The second kappa shape index (κ2) is 11.5. The molecule has 1 unspecified atom stereocenters. The van der Waals surface area contributed by atoms with E-state index in [1.807, 2.05) is 30.3 Å². The molecular formula is C31H35NO7S. The van der Waals surface area contributed by atoms with Crippen LogP contribution in [0, 0.1) is 13.8 Å². The van der Waals surface area contributed by atoms with Crippen LogP contribution in [0.1, 0.15) is 52.6 Å². The SMILES string of the molecule is Cc1cc2c(c(C)c1-c1cccc(COc3ccc4c(c3)OC[C@H]4CC(=O)O)c1)C(NCCCS(C)(=O)=O)CO2. The molecule has 0 radical (unpaired) electrons. The summed E-state index contributed by atoms with van der Waals surface area (Å²) in [7, 11) is -2.98. The summed E-state index contributed by atoms with van der Waals surface area (Å²) in [4.78, 5) is 11.1. The molecule has 2 N–H and O–H groups in total. The Morgan fingerprint density at radius 2 is 1.88 bits per heavy atom. The van der Waals surface area contributed by atoms with Gasteiger partial charge >= 0.3 is 5.97 Å². The van der Waals surface area contributed by atoms with Crippen LogP contribution in [-0.2, 0) is 21.2 Å². The van der Waals surface area contributed by atoms with E-state index in [0.717, 1.165) is 44.7 Å². The van der Waals surface area contributed by atoms with Crippen LogP contribution in [0.25, 0.3) is 11.1 Å². The molecule has 212 valence electrons. The van der Waals surface area contributed by atoms with Gasteiger partial charge in [-0.3, -0.25) is 4.79 Å². The standard InChI is InChI=1S/C31H35NO7S/c1-19-12-28-31(26(18-39-28)32-10-5-11-40(3,35)36)20(2)30(19)22-7-4-6-21(13-22)16-37-24-8-9-25-23(14-29(33)34)17-38-27(25)15-24/h4,6-9,12-13,15,23,26,32H,5,10-11,14,16-18H2,1-3H3,(H,33,34)/t23-,26?/m1/s1. The van der Waals surface area contributed by atoms with Gasteiger partial charge in [-0.2, -0.15) is 0 Å². The van der Waals surface area contributed by atoms with Gasteiger partial charge in [0.2, 0.25) is 0 Å². The molecule has 0 saturated heterocycles. The molecule has 2 atom stereocenters. The van der Waals surface area contributed by atoms with Crippen LogP contribution in [0.15, 0.2) is 48.5 Å². The van der Waals surface area contributed by atoms with E-state index in [2.05, 4.69) is 37.4 Å². The van der Waals surface area contributed by atoms with E-state index in [0.29, 0.717) is 44.3 Å². The Kier molecular flexibility index (Phi) is 8.05. The molecule has 0 aromatic heterocycles. The van der Waals surface area contributed by atoms with Gasteiger partial charge in [-0.15, -0.1) is 0 Å². The van der Waals surface area contributed by atoms with E-state index in [1.54, 1.807) is 0 Å². The molecule has 2 aliphatic rings. The number of carboxylic acids is 1. The van der Waals surface area contributed by atoms with Gasteiger partial charge in [0.1, 0.15) is 40.3 Å². The minimum absolute atomic E-state index is 0.0116. The summed E-state index contributed by atoms with van der Waals surface area (Å²) in [5.41, 5.74) is 7.58. The fourth-order valence-electron chi connectivity index (χ4n) is 5.70. The third-order valence-electron chi connectivity index (χ3n) is 7.53. The molecule has 0 aliphatic carbocycles. The van der Waals surface area contributed by atoms with E-state index >= 15 is 0 Å². The highest BCUT2D eigenvalue weighted by Gasteiger charge is 2.29. The zero-order valence-corrected chi connectivity index (χ0v) is 23.8. The van der Waals surface area contributed by atoms with Crippen LogP contribution < -0.4 is 19.5 Å². The molecule has 0 amide bonds. The second-order valence-electron chi connectivity index (χ2n) is 10.7. The third kappa shape index (κ3) is 6.26. The molecule has 3 aromatic carbocycles. The molecule has 40 heavy (non-hydrogen) atoms. The number of carboxylic acid groups (broad SMARTS) is 1. The maximum atomic E-state index is 11.5. The summed E-state index contributed by atoms with van der Waals surface area (Å²) in [6.07, 6.45) is 1.87. The van der Waals surface area contributed by atoms with Gasteiger partial charge in [0, 0.05) is 29.4 Å². The highest BCUT2D eigenvalue weighted by atomic mass is 32.2. The van der Waals surface area contributed by atoms with Gasteiger partial charge in [0.05, 0.1) is 24.8 Å². The number of hydrogen-bond acceptors (Lipinski definition) is 7. The van der Waals surface area contributed by atoms with E-state index in [-0.39, 0.29) is 24.1 Å². The number of aryl methyl sites for hydroxylation is 1. The van der Waals surface area contributed by atoms with Crippen LogP contribution in [0.5, 0.6) is 17.2 Å². The highest BCUT2D eigenvalue weighted by molar-refractivity contribution is 7.90. The maximum Gasteiger partial charge on any atom is 0.304 e. The first-order valence-corrected chi connectivity index (χ1v) is 15.5. The normalized spacial score (nSPS) is 17.6. The zero-order chi connectivity index (χ0) is 28.4. The number of hydrogen-bond donors (Lipinski definition) is 2.